The van der Waals surface area contributed by atoms with Crippen molar-refractivity contribution in [3.63, 3.8) is 0 Å². The van der Waals surface area contributed by atoms with Gasteiger partial charge < -0.3 is 15.5 Å². The van der Waals surface area contributed by atoms with Crippen molar-refractivity contribution in [3.05, 3.63) is 29.8 Å². The Bertz CT molecular complexity index is 444. The van der Waals surface area contributed by atoms with E-state index in [0.29, 0.717) is 6.04 Å². The highest BCUT2D eigenvalue weighted by atomic mass is 15.3. The molecule has 1 unspecified atom stereocenters. The molecule has 0 radical (unpaired) electrons. The van der Waals surface area contributed by atoms with Gasteiger partial charge in [0, 0.05) is 25.8 Å². The van der Waals surface area contributed by atoms with Crippen LogP contribution in [0.1, 0.15) is 25.3 Å². The van der Waals surface area contributed by atoms with Crippen molar-refractivity contribution < 1.29 is 0 Å². The molecule has 0 saturated heterocycles. The fraction of sp³-hybridized carbons (Fsp3) is 0.533. The first kappa shape index (κ1) is 13.7. The van der Waals surface area contributed by atoms with E-state index in [1.165, 1.54) is 11.3 Å². The van der Waals surface area contributed by atoms with Crippen LogP contribution in [0.5, 0.6) is 0 Å². The summed E-state index contributed by atoms with van der Waals surface area (Å²) < 4.78 is 0. The standard InChI is InChI=1S/C15H24N4/c1-3-4-9-19(15(16)17)11-13-10-12-7-5-6-8-14(12)18(13)2/h5-8,13H,3-4,9-11H2,1-2H3,(H3,16,17). The number of unbranched alkanes of at least 4 members (excludes halogenated alkanes) is 1. The first-order chi connectivity index (χ1) is 9.13. The second-order valence-corrected chi connectivity index (χ2v) is 5.28. The van der Waals surface area contributed by atoms with Crippen LogP contribution < -0.4 is 10.6 Å². The maximum atomic E-state index is 7.71. The largest absolute Gasteiger partial charge is 0.370 e. The summed E-state index contributed by atoms with van der Waals surface area (Å²) in [5, 5.41) is 7.71. The number of nitrogens with two attached hydrogens (primary N) is 1. The molecule has 4 nitrogen and oxygen atoms in total. The lowest BCUT2D eigenvalue weighted by atomic mass is 10.1. The van der Waals surface area contributed by atoms with Gasteiger partial charge in [-0.2, -0.15) is 0 Å². The number of guanidine groups is 1. The predicted octanol–water partition coefficient (Wildman–Crippen LogP) is 2.04. The molecule has 1 aromatic carbocycles. The number of nitrogens with zero attached hydrogens (tertiary/aromatic N) is 2. The molecule has 0 fully saturated rings. The Labute approximate surface area is 115 Å². The van der Waals surface area contributed by atoms with Crippen molar-refractivity contribution in [2.75, 3.05) is 25.0 Å². The zero-order valence-electron chi connectivity index (χ0n) is 11.9. The zero-order valence-corrected chi connectivity index (χ0v) is 11.9. The van der Waals surface area contributed by atoms with E-state index in [1.54, 1.807) is 0 Å². The smallest absolute Gasteiger partial charge is 0.188 e. The molecule has 1 aliphatic heterocycles. The average molecular weight is 260 g/mol. The van der Waals surface area contributed by atoms with E-state index in [1.807, 2.05) is 4.90 Å². The van der Waals surface area contributed by atoms with Gasteiger partial charge in [0.05, 0.1) is 6.04 Å². The lowest BCUT2D eigenvalue weighted by molar-refractivity contribution is 0.369. The highest BCUT2D eigenvalue weighted by Crippen LogP contribution is 2.30. The third-order valence-corrected chi connectivity index (χ3v) is 3.93. The monoisotopic (exact) mass is 260 g/mol. The Balaban J connectivity index is 2.02. The fourth-order valence-electron chi connectivity index (χ4n) is 2.72. The molecule has 0 spiro atoms. The molecular weight excluding hydrogens is 236 g/mol. The Morgan fingerprint density at radius 1 is 1.47 bits per heavy atom. The van der Waals surface area contributed by atoms with E-state index in [0.717, 1.165) is 32.4 Å². The summed E-state index contributed by atoms with van der Waals surface area (Å²) in [6.45, 7) is 3.88. The van der Waals surface area contributed by atoms with Crippen LogP contribution in [0.25, 0.3) is 0 Å². The van der Waals surface area contributed by atoms with Crippen LogP contribution in [-0.4, -0.2) is 37.0 Å². The van der Waals surface area contributed by atoms with Gasteiger partial charge in [-0.15, -0.1) is 0 Å². The lowest BCUT2D eigenvalue weighted by Gasteiger charge is -2.30. The molecule has 0 aromatic heterocycles. The molecule has 1 heterocycles. The molecule has 3 N–H and O–H groups in total. The maximum absolute atomic E-state index is 7.71. The first-order valence-corrected chi connectivity index (χ1v) is 7.03. The first-order valence-electron chi connectivity index (χ1n) is 7.03. The molecule has 1 aliphatic rings. The van der Waals surface area contributed by atoms with Gasteiger partial charge in [0.25, 0.3) is 0 Å². The van der Waals surface area contributed by atoms with E-state index in [2.05, 4.69) is 43.1 Å². The Morgan fingerprint density at radius 3 is 2.84 bits per heavy atom. The molecular formula is C15H24N4. The van der Waals surface area contributed by atoms with Crippen molar-refractivity contribution in [3.8, 4) is 0 Å². The van der Waals surface area contributed by atoms with Crippen molar-refractivity contribution in [2.24, 2.45) is 5.73 Å². The molecule has 104 valence electrons. The number of para-hydroxylation sites is 1. The quantitative estimate of drug-likeness (QED) is 0.629. The van der Waals surface area contributed by atoms with Gasteiger partial charge in [0.1, 0.15) is 0 Å². The zero-order chi connectivity index (χ0) is 13.8. The summed E-state index contributed by atoms with van der Waals surface area (Å²) in [6, 6.07) is 8.94. The molecule has 0 bridgehead atoms. The van der Waals surface area contributed by atoms with E-state index >= 15 is 0 Å². The summed E-state index contributed by atoms with van der Waals surface area (Å²) in [7, 11) is 2.13. The molecule has 2 rings (SSSR count). The number of rotatable bonds is 5. The number of hydrogen-bond acceptors (Lipinski definition) is 2. The van der Waals surface area contributed by atoms with Crippen molar-refractivity contribution in [1.29, 1.82) is 5.41 Å². The highest BCUT2D eigenvalue weighted by Gasteiger charge is 2.27. The highest BCUT2D eigenvalue weighted by molar-refractivity contribution is 5.74. The minimum absolute atomic E-state index is 0.192. The van der Waals surface area contributed by atoms with E-state index in [-0.39, 0.29) is 5.96 Å². The third-order valence-electron chi connectivity index (χ3n) is 3.93. The molecule has 1 atom stereocenters. The van der Waals surface area contributed by atoms with Gasteiger partial charge in [-0.1, -0.05) is 31.5 Å². The van der Waals surface area contributed by atoms with Crippen LogP contribution in [-0.2, 0) is 6.42 Å². The van der Waals surface area contributed by atoms with Gasteiger partial charge in [-0.25, -0.2) is 0 Å². The van der Waals surface area contributed by atoms with Crippen LogP contribution in [0, 0.1) is 5.41 Å². The van der Waals surface area contributed by atoms with Crippen molar-refractivity contribution >= 4 is 11.6 Å². The van der Waals surface area contributed by atoms with Gasteiger partial charge >= 0.3 is 0 Å². The fourth-order valence-corrected chi connectivity index (χ4v) is 2.72. The Morgan fingerprint density at radius 2 is 2.21 bits per heavy atom. The normalized spacial score (nSPS) is 17.4. The Hall–Kier alpha value is -1.71. The molecule has 1 aromatic rings. The Kier molecular flexibility index (Phi) is 4.30. The van der Waals surface area contributed by atoms with Gasteiger partial charge in [-0.3, -0.25) is 5.41 Å². The second-order valence-electron chi connectivity index (χ2n) is 5.28. The van der Waals surface area contributed by atoms with Gasteiger partial charge in [-0.05, 0) is 24.5 Å². The van der Waals surface area contributed by atoms with E-state index < -0.39 is 0 Å². The van der Waals surface area contributed by atoms with Gasteiger partial charge in [0.2, 0.25) is 0 Å². The molecule has 0 saturated carbocycles. The third kappa shape index (κ3) is 3.00. The molecule has 0 amide bonds. The van der Waals surface area contributed by atoms with Crippen molar-refractivity contribution in [1.82, 2.24) is 4.90 Å². The minimum atomic E-state index is 0.192. The lowest BCUT2D eigenvalue weighted by Crippen LogP contribution is -2.46. The number of hydrogen-bond donors (Lipinski definition) is 2. The number of likely N-dealkylation sites (N-methyl/N-ethyl adjacent to an activating group) is 1. The maximum Gasteiger partial charge on any atom is 0.188 e. The van der Waals surface area contributed by atoms with Crippen LogP contribution in [0.3, 0.4) is 0 Å². The van der Waals surface area contributed by atoms with Crippen LogP contribution in [0.2, 0.25) is 0 Å². The van der Waals surface area contributed by atoms with Crippen LogP contribution >= 0.6 is 0 Å². The van der Waals surface area contributed by atoms with Crippen molar-refractivity contribution in [2.45, 2.75) is 32.2 Å². The molecule has 19 heavy (non-hydrogen) atoms. The molecule has 4 heteroatoms. The number of benzene rings is 1. The average Bonchev–Trinajstić information content (AvgIpc) is 2.71. The number of nitrogens with one attached hydrogen (secondary N) is 1. The minimum Gasteiger partial charge on any atom is -0.370 e. The SMILES string of the molecule is CCCCN(CC1Cc2ccccc2N1C)C(=N)N. The summed E-state index contributed by atoms with van der Waals surface area (Å²) in [4.78, 5) is 4.31. The summed E-state index contributed by atoms with van der Waals surface area (Å²) >= 11 is 0. The topological polar surface area (TPSA) is 56.4 Å². The van der Waals surface area contributed by atoms with E-state index in [4.69, 9.17) is 11.1 Å². The second kappa shape index (κ2) is 5.95. The van der Waals surface area contributed by atoms with E-state index in [9.17, 15) is 0 Å². The summed E-state index contributed by atoms with van der Waals surface area (Å²) in [5.41, 5.74) is 8.41. The number of anilines is 1. The number of fused-ring (bicyclic) bond motifs is 1. The van der Waals surface area contributed by atoms with Crippen LogP contribution in [0.4, 0.5) is 5.69 Å². The predicted molar refractivity (Wildman–Crippen MR) is 80.7 cm³/mol. The van der Waals surface area contributed by atoms with Gasteiger partial charge in [0.15, 0.2) is 5.96 Å². The summed E-state index contributed by atoms with van der Waals surface area (Å²) in [5.74, 6) is 0.192. The van der Waals surface area contributed by atoms with Crippen LogP contribution in [0.15, 0.2) is 24.3 Å². The summed E-state index contributed by atoms with van der Waals surface area (Å²) in [6.07, 6.45) is 3.26. The molecule has 0 aliphatic carbocycles.